The van der Waals surface area contributed by atoms with Gasteiger partial charge in [0.2, 0.25) is 15.2 Å². The maximum atomic E-state index is 13.2. The summed E-state index contributed by atoms with van der Waals surface area (Å²) in [5, 5.41) is 15.6. The van der Waals surface area contributed by atoms with Crippen LogP contribution in [0.3, 0.4) is 0 Å². The van der Waals surface area contributed by atoms with Gasteiger partial charge in [0.15, 0.2) is 5.01 Å². The number of hydrogen-bond acceptors (Lipinski definition) is 9. The van der Waals surface area contributed by atoms with E-state index >= 15 is 0 Å². The van der Waals surface area contributed by atoms with Crippen molar-refractivity contribution in [1.29, 1.82) is 0 Å². The van der Waals surface area contributed by atoms with Gasteiger partial charge in [0.1, 0.15) is 0 Å². The summed E-state index contributed by atoms with van der Waals surface area (Å²) in [5.41, 5.74) is 1.16. The van der Waals surface area contributed by atoms with E-state index in [2.05, 4.69) is 44.1 Å². The zero-order chi connectivity index (χ0) is 23.3. The standard InChI is InChI=1S/C19H23F2N7O3S2/c1-10-6-27(7-11(2)23-10)15-3-13(33(29,30)26-12-8-31-9-12)4-16-14(15)5-22-28(16)19-25-24-18(32-19)17(20)21/h3-5,10-12,17,23,26H,6-9H2,1-2H3/t10-,11-/m0/s1. The lowest BCUT2D eigenvalue weighted by atomic mass is 10.1. The van der Waals surface area contributed by atoms with Crippen molar-refractivity contribution in [2.75, 3.05) is 31.2 Å². The molecule has 0 unspecified atom stereocenters. The number of halogens is 2. The van der Waals surface area contributed by atoms with Gasteiger partial charge < -0.3 is 15.0 Å². The lowest BCUT2D eigenvalue weighted by molar-refractivity contribution is 0.00482. The molecule has 14 heteroatoms. The first-order valence-corrected chi connectivity index (χ1v) is 12.8. The van der Waals surface area contributed by atoms with Crippen LogP contribution < -0.4 is 14.9 Å². The molecular weight excluding hydrogens is 476 g/mol. The van der Waals surface area contributed by atoms with Crippen molar-refractivity contribution in [2.24, 2.45) is 0 Å². The molecule has 0 saturated carbocycles. The van der Waals surface area contributed by atoms with Gasteiger partial charge in [-0.3, -0.25) is 0 Å². The Morgan fingerprint density at radius 2 is 1.94 bits per heavy atom. The number of sulfonamides is 1. The van der Waals surface area contributed by atoms with Crippen LogP contribution in [-0.2, 0) is 14.8 Å². The fourth-order valence-electron chi connectivity index (χ4n) is 4.17. The molecule has 2 aromatic heterocycles. The topological polar surface area (TPSA) is 114 Å². The number of nitrogens with one attached hydrogen (secondary N) is 2. The third-order valence-corrected chi connectivity index (χ3v) is 8.01. The Bertz CT molecular complexity index is 1270. The zero-order valence-electron chi connectivity index (χ0n) is 17.9. The van der Waals surface area contributed by atoms with Crippen LogP contribution in [0.5, 0.6) is 0 Å². The molecule has 2 aliphatic rings. The van der Waals surface area contributed by atoms with Crippen molar-refractivity contribution >= 4 is 38.0 Å². The minimum atomic E-state index is -3.85. The Morgan fingerprint density at radius 3 is 2.55 bits per heavy atom. The highest BCUT2D eigenvalue weighted by Gasteiger charge is 2.30. The highest BCUT2D eigenvalue weighted by Crippen LogP contribution is 2.34. The first kappa shape index (κ1) is 22.5. The van der Waals surface area contributed by atoms with Crippen molar-refractivity contribution in [3.05, 3.63) is 23.3 Å². The van der Waals surface area contributed by atoms with Gasteiger partial charge in [-0.05, 0) is 26.0 Å². The van der Waals surface area contributed by atoms with Crippen molar-refractivity contribution in [1.82, 2.24) is 30.0 Å². The van der Waals surface area contributed by atoms with Gasteiger partial charge in [-0.25, -0.2) is 26.6 Å². The largest absolute Gasteiger partial charge is 0.378 e. The van der Waals surface area contributed by atoms with Crippen LogP contribution in [0.25, 0.3) is 16.0 Å². The summed E-state index contributed by atoms with van der Waals surface area (Å²) in [4.78, 5) is 2.19. The predicted molar refractivity (Wildman–Crippen MR) is 119 cm³/mol. The first-order chi connectivity index (χ1) is 15.7. The minimum absolute atomic E-state index is 0.0658. The highest BCUT2D eigenvalue weighted by molar-refractivity contribution is 7.89. The minimum Gasteiger partial charge on any atom is -0.378 e. The molecule has 2 atom stereocenters. The number of fused-ring (bicyclic) bond motifs is 1. The molecule has 0 spiro atoms. The molecule has 2 fully saturated rings. The van der Waals surface area contributed by atoms with Crippen molar-refractivity contribution in [3.8, 4) is 5.13 Å². The van der Waals surface area contributed by atoms with E-state index in [4.69, 9.17) is 4.74 Å². The summed E-state index contributed by atoms with van der Waals surface area (Å²) in [6.07, 6.45) is -1.14. The molecule has 0 radical (unpaired) electrons. The average Bonchev–Trinajstić information content (AvgIpc) is 3.36. The number of nitrogens with zero attached hydrogens (tertiary/aromatic N) is 5. The molecule has 33 heavy (non-hydrogen) atoms. The van der Waals surface area contributed by atoms with E-state index in [1.165, 1.54) is 10.7 Å². The van der Waals surface area contributed by atoms with E-state index in [0.29, 0.717) is 54.2 Å². The SMILES string of the molecule is C[C@H]1CN(c2cc(S(=O)(=O)NC3COC3)cc3c2cnn3-c2nnc(C(F)F)s2)C[C@H](C)N1. The highest BCUT2D eigenvalue weighted by atomic mass is 32.2. The Morgan fingerprint density at radius 1 is 1.21 bits per heavy atom. The lowest BCUT2D eigenvalue weighted by Gasteiger charge is -2.38. The van der Waals surface area contributed by atoms with Gasteiger partial charge in [-0.15, -0.1) is 10.2 Å². The number of ether oxygens (including phenoxy) is 1. The fourth-order valence-corrected chi connectivity index (χ4v) is 6.08. The maximum Gasteiger partial charge on any atom is 0.291 e. The lowest BCUT2D eigenvalue weighted by Crippen LogP contribution is -2.54. The molecule has 2 aliphatic heterocycles. The van der Waals surface area contributed by atoms with E-state index in [-0.39, 0.29) is 28.2 Å². The second-order valence-corrected chi connectivity index (χ2v) is 11.1. The number of alkyl halides is 2. The van der Waals surface area contributed by atoms with Gasteiger partial charge in [-0.1, -0.05) is 11.3 Å². The predicted octanol–water partition coefficient (Wildman–Crippen LogP) is 1.68. The van der Waals surface area contributed by atoms with Crippen LogP contribution in [-0.4, -0.2) is 72.8 Å². The van der Waals surface area contributed by atoms with Crippen LogP contribution in [0.15, 0.2) is 23.2 Å². The molecule has 5 rings (SSSR count). The fraction of sp³-hybridized carbons (Fsp3) is 0.526. The Labute approximate surface area is 193 Å². The summed E-state index contributed by atoms with van der Waals surface area (Å²) in [6.45, 7) is 6.11. The van der Waals surface area contributed by atoms with E-state index in [1.54, 1.807) is 12.3 Å². The third kappa shape index (κ3) is 4.33. The molecule has 10 nitrogen and oxygen atoms in total. The first-order valence-electron chi connectivity index (χ1n) is 10.5. The molecule has 4 heterocycles. The van der Waals surface area contributed by atoms with Gasteiger partial charge >= 0.3 is 0 Å². The number of benzene rings is 1. The Kier molecular flexibility index (Phi) is 5.81. The van der Waals surface area contributed by atoms with Gasteiger partial charge in [-0.2, -0.15) is 5.10 Å². The maximum absolute atomic E-state index is 13.2. The second-order valence-electron chi connectivity index (χ2n) is 8.38. The number of aromatic nitrogens is 4. The molecule has 1 aromatic carbocycles. The average molecular weight is 500 g/mol. The van der Waals surface area contributed by atoms with E-state index in [9.17, 15) is 17.2 Å². The van der Waals surface area contributed by atoms with Crippen molar-refractivity contribution in [3.63, 3.8) is 0 Å². The van der Waals surface area contributed by atoms with Gasteiger partial charge in [0, 0.05) is 36.2 Å². The molecule has 3 aromatic rings. The number of rotatable bonds is 6. The quantitative estimate of drug-likeness (QED) is 0.527. The monoisotopic (exact) mass is 499 g/mol. The molecule has 2 N–H and O–H groups in total. The number of hydrogen-bond donors (Lipinski definition) is 2. The summed E-state index contributed by atoms with van der Waals surface area (Å²) < 4.78 is 61.5. The number of piperazine rings is 1. The van der Waals surface area contributed by atoms with Crippen molar-refractivity contribution in [2.45, 2.75) is 43.3 Å². The molecule has 0 aliphatic carbocycles. The number of anilines is 1. The van der Waals surface area contributed by atoms with Gasteiger partial charge in [0.25, 0.3) is 6.43 Å². The zero-order valence-corrected chi connectivity index (χ0v) is 19.5. The second kappa shape index (κ2) is 8.51. The summed E-state index contributed by atoms with van der Waals surface area (Å²) >= 11 is 0.716. The summed E-state index contributed by atoms with van der Waals surface area (Å²) in [5.74, 6) is 0. The van der Waals surface area contributed by atoms with Crippen LogP contribution in [0.1, 0.15) is 25.3 Å². The van der Waals surface area contributed by atoms with E-state index in [1.807, 2.05) is 0 Å². The van der Waals surface area contributed by atoms with Crippen LogP contribution in [0.2, 0.25) is 0 Å². The Hall–Kier alpha value is -2.26. The normalized spacial score (nSPS) is 22.3. The molecular formula is C19H23F2N7O3S2. The van der Waals surface area contributed by atoms with E-state index in [0.717, 1.165) is 0 Å². The molecule has 0 amide bonds. The summed E-state index contributed by atoms with van der Waals surface area (Å²) in [7, 11) is -3.85. The van der Waals surface area contributed by atoms with Gasteiger partial charge in [0.05, 0.1) is 35.9 Å². The van der Waals surface area contributed by atoms with Crippen LogP contribution in [0.4, 0.5) is 14.5 Å². The van der Waals surface area contributed by atoms with Crippen LogP contribution in [0, 0.1) is 0 Å². The Balaban J connectivity index is 1.65. The van der Waals surface area contributed by atoms with Crippen molar-refractivity contribution < 1.29 is 21.9 Å². The molecule has 178 valence electrons. The van der Waals surface area contributed by atoms with E-state index < -0.39 is 21.5 Å². The molecule has 2 saturated heterocycles. The summed E-state index contributed by atoms with van der Waals surface area (Å²) in [6, 6.07) is 3.25. The smallest absolute Gasteiger partial charge is 0.291 e. The van der Waals surface area contributed by atoms with Crippen LogP contribution >= 0.6 is 11.3 Å². The molecule has 0 bridgehead atoms. The third-order valence-electron chi connectivity index (χ3n) is 5.61.